The predicted octanol–water partition coefficient (Wildman–Crippen LogP) is 2.44. The molecule has 0 radical (unpaired) electrons. The van der Waals surface area contributed by atoms with Crippen molar-refractivity contribution in [1.82, 2.24) is 10.2 Å². The van der Waals surface area contributed by atoms with Gasteiger partial charge in [-0.15, -0.1) is 0 Å². The first-order chi connectivity index (χ1) is 13.2. The van der Waals surface area contributed by atoms with Crippen molar-refractivity contribution in [2.45, 2.75) is 52.2 Å². The lowest BCUT2D eigenvalue weighted by Gasteiger charge is -2.21. The predicted molar refractivity (Wildman–Crippen MR) is 101 cm³/mol. The highest BCUT2D eigenvalue weighted by Gasteiger charge is 2.47. The summed E-state index contributed by atoms with van der Waals surface area (Å²) in [5.74, 6) is -0.807. The van der Waals surface area contributed by atoms with Crippen LogP contribution < -0.4 is 10.1 Å². The van der Waals surface area contributed by atoms with Crippen LogP contribution in [0, 0.1) is 0 Å². The van der Waals surface area contributed by atoms with Crippen molar-refractivity contribution >= 4 is 23.7 Å². The number of nitrogens with one attached hydrogen (secondary N) is 1. The highest BCUT2D eigenvalue weighted by molar-refractivity contribution is 6.08. The first-order valence-corrected chi connectivity index (χ1v) is 9.19. The van der Waals surface area contributed by atoms with E-state index in [4.69, 9.17) is 9.47 Å². The molecule has 1 aromatic carbocycles. The van der Waals surface area contributed by atoms with Crippen molar-refractivity contribution in [2.24, 2.45) is 0 Å². The van der Waals surface area contributed by atoms with Crippen LogP contribution in [0.2, 0.25) is 0 Å². The lowest BCUT2D eigenvalue weighted by Crippen LogP contribution is -2.44. The molecule has 3 amide bonds. The molecule has 8 nitrogen and oxygen atoms in total. The third-order valence-corrected chi connectivity index (χ3v) is 4.74. The number of Topliss-reactive ketones (excluding diaryl/α,β-unsaturated/α-hetero) is 1. The van der Waals surface area contributed by atoms with Crippen molar-refractivity contribution in [3.05, 3.63) is 29.3 Å². The summed E-state index contributed by atoms with van der Waals surface area (Å²) in [6.45, 7) is 4.48. The number of hydrogen-bond acceptors (Lipinski definition) is 6. The molecule has 1 aliphatic heterocycles. The number of ether oxygens (including phenoxy) is 2. The van der Waals surface area contributed by atoms with Crippen LogP contribution in [-0.4, -0.2) is 47.8 Å². The number of benzene rings is 1. The van der Waals surface area contributed by atoms with Gasteiger partial charge in [0, 0.05) is 11.1 Å². The van der Waals surface area contributed by atoms with Gasteiger partial charge < -0.3 is 14.8 Å². The Labute approximate surface area is 164 Å². The van der Waals surface area contributed by atoms with Crippen LogP contribution in [-0.2, 0) is 20.9 Å². The van der Waals surface area contributed by atoms with Gasteiger partial charge in [0.25, 0.3) is 5.91 Å². The number of carbonyl (C=O) groups excluding carboxylic acids is 4. The quantitative estimate of drug-likeness (QED) is 0.395. The van der Waals surface area contributed by atoms with E-state index in [0.29, 0.717) is 23.3 Å². The number of imide groups is 1. The summed E-state index contributed by atoms with van der Waals surface area (Å²) >= 11 is 0. The van der Waals surface area contributed by atoms with E-state index in [9.17, 15) is 19.2 Å². The fourth-order valence-electron chi connectivity index (χ4n) is 3.03. The molecule has 28 heavy (non-hydrogen) atoms. The number of urea groups is 1. The third-order valence-electron chi connectivity index (χ3n) is 4.74. The maximum Gasteiger partial charge on any atom is 0.326 e. The Morgan fingerprint density at radius 3 is 2.57 bits per heavy atom. The van der Waals surface area contributed by atoms with Gasteiger partial charge in [-0.3, -0.25) is 19.3 Å². The highest BCUT2D eigenvalue weighted by atomic mass is 16.5. The Hall–Kier alpha value is -2.90. The Bertz CT molecular complexity index is 791. The molecular formula is C20H26N2O6. The van der Waals surface area contributed by atoms with E-state index in [-0.39, 0.29) is 12.4 Å². The van der Waals surface area contributed by atoms with Crippen LogP contribution in [0.25, 0.3) is 0 Å². The maximum atomic E-state index is 12.6. The Balaban J connectivity index is 2.01. The van der Waals surface area contributed by atoms with Crippen LogP contribution in [0.4, 0.5) is 4.79 Å². The summed E-state index contributed by atoms with van der Waals surface area (Å²) < 4.78 is 10.4. The van der Waals surface area contributed by atoms with Gasteiger partial charge in [0.1, 0.15) is 24.4 Å². The topological polar surface area (TPSA) is 102 Å². The molecule has 0 bridgehead atoms. The fraction of sp³-hybridized carbons (Fsp3) is 0.500. The van der Waals surface area contributed by atoms with E-state index >= 15 is 0 Å². The third kappa shape index (κ3) is 4.68. The molecule has 0 unspecified atom stereocenters. The highest BCUT2D eigenvalue weighted by Crippen LogP contribution is 2.24. The van der Waals surface area contributed by atoms with Gasteiger partial charge in [0.05, 0.1) is 7.11 Å². The van der Waals surface area contributed by atoms with Gasteiger partial charge in [-0.2, -0.15) is 0 Å². The van der Waals surface area contributed by atoms with Gasteiger partial charge >= 0.3 is 12.0 Å². The molecule has 152 valence electrons. The van der Waals surface area contributed by atoms with Crippen LogP contribution >= 0.6 is 0 Å². The zero-order valence-corrected chi connectivity index (χ0v) is 16.7. The van der Waals surface area contributed by atoms with E-state index in [2.05, 4.69) is 5.32 Å². The van der Waals surface area contributed by atoms with E-state index in [0.717, 1.165) is 17.7 Å². The summed E-state index contributed by atoms with van der Waals surface area (Å²) in [6.07, 6.45) is 2.18. The van der Waals surface area contributed by atoms with Crippen LogP contribution in [0.5, 0.6) is 5.75 Å². The number of methoxy groups -OCH3 is 1. The van der Waals surface area contributed by atoms with Gasteiger partial charge in [0.15, 0.2) is 5.78 Å². The molecule has 1 atom stereocenters. The van der Waals surface area contributed by atoms with Gasteiger partial charge in [-0.25, -0.2) is 4.79 Å². The molecule has 0 aromatic heterocycles. The molecule has 1 heterocycles. The molecular weight excluding hydrogens is 364 g/mol. The van der Waals surface area contributed by atoms with Crippen molar-refractivity contribution in [3.63, 3.8) is 0 Å². The minimum absolute atomic E-state index is 0.124. The monoisotopic (exact) mass is 390 g/mol. The lowest BCUT2D eigenvalue weighted by molar-refractivity contribution is -0.148. The molecule has 0 saturated carbocycles. The average molecular weight is 390 g/mol. The molecule has 2 rings (SSSR count). The summed E-state index contributed by atoms with van der Waals surface area (Å²) in [5, 5.41) is 2.65. The van der Waals surface area contributed by atoms with Crippen LogP contribution in [0.15, 0.2) is 18.2 Å². The molecule has 0 spiro atoms. The normalized spacial score (nSPS) is 18.8. The SMILES string of the molecule is CCCC[C@@]1(C)NC(=O)N(CC(=O)OCc2cc(C(C)=O)ccc2OC)C1=O. The smallest absolute Gasteiger partial charge is 0.326 e. The average Bonchev–Trinajstić information content (AvgIpc) is 2.87. The number of unbranched alkanes of at least 4 members (excludes halogenated alkanes) is 1. The largest absolute Gasteiger partial charge is 0.496 e. The van der Waals surface area contributed by atoms with Gasteiger partial charge in [-0.1, -0.05) is 19.8 Å². The second-order valence-corrected chi connectivity index (χ2v) is 7.00. The minimum atomic E-state index is -0.994. The molecule has 1 saturated heterocycles. The van der Waals surface area contributed by atoms with E-state index in [1.165, 1.54) is 14.0 Å². The van der Waals surface area contributed by atoms with Crippen molar-refractivity contribution < 1.29 is 28.7 Å². The summed E-state index contributed by atoms with van der Waals surface area (Å²) in [6, 6.07) is 4.23. The number of esters is 1. The molecule has 1 N–H and O–H groups in total. The molecule has 0 aliphatic carbocycles. The standard InChI is InChI=1S/C20H26N2O6/c1-5-6-9-20(3)18(25)22(19(26)21-20)11-17(24)28-12-15-10-14(13(2)23)7-8-16(15)27-4/h7-8,10H,5-6,9,11-12H2,1-4H3,(H,21,26)/t20-/m1/s1. The first kappa shape index (κ1) is 21.4. The van der Waals surface area contributed by atoms with E-state index < -0.39 is 30.0 Å². The van der Waals surface area contributed by atoms with Gasteiger partial charge in [0.2, 0.25) is 0 Å². The number of hydrogen-bond donors (Lipinski definition) is 1. The van der Waals surface area contributed by atoms with Gasteiger partial charge in [-0.05, 0) is 38.5 Å². The summed E-state index contributed by atoms with van der Waals surface area (Å²) in [4.78, 5) is 49.3. The summed E-state index contributed by atoms with van der Waals surface area (Å²) in [7, 11) is 1.47. The van der Waals surface area contributed by atoms with Crippen LogP contribution in [0.1, 0.15) is 56.0 Å². The molecule has 1 aromatic rings. The lowest BCUT2D eigenvalue weighted by atomic mass is 9.95. The molecule has 1 fully saturated rings. The molecule has 1 aliphatic rings. The Kier molecular flexibility index (Phi) is 6.77. The zero-order chi connectivity index (χ0) is 20.9. The number of nitrogens with zero attached hydrogens (tertiary/aromatic N) is 1. The van der Waals surface area contributed by atoms with Crippen molar-refractivity contribution in [3.8, 4) is 5.75 Å². The number of ketones is 1. The fourth-order valence-corrected chi connectivity index (χ4v) is 3.03. The second kappa shape index (κ2) is 8.86. The molecule has 8 heteroatoms. The van der Waals surface area contributed by atoms with Crippen molar-refractivity contribution in [1.29, 1.82) is 0 Å². The van der Waals surface area contributed by atoms with E-state index in [1.54, 1.807) is 25.1 Å². The van der Waals surface area contributed by atoms with Crippen molar-refractivity contribution in [2.75, 3.05) is 13.7 Å². The van der Waals surface area contributed by atoms with E-state index in [1.807, 2.05) is 6.92 Å². The minimum Gasteiger partial charge on any atom is -0.496 e. The Morgan fingerprint density at radius 2 is 1.96 bits per heavy atom. The first-order valence-electron chi connectivity index (χ1n) is 9.19. The maximum absolute atomic E-state index is 12.6. The Morgan fingerprint density at radius 1 is 1.25 bits per heavy atom. The zero-order valence-electron chi connectivity index (χ0n) is 16.7. The summed E-state index contributed by atoms with van der Waals surface area (Å²) in [5.41, 5.74) is -0.00644. The van der Waals surface area contributed by atoms with Crippen LogP contribution in [0.3, 0.4) is 0 Å². The number of carbonyl (C=O) groups is 4. The number of rotatable bonds is 9. The second-order valence-electron chi connectivity index (χ2n) is 7.00. The number of amides is 3.